The highest BCUT2D eigenvalue weighted by Gasteiger charge is 2.34. The molecule has 1 saturated heterocycles. The van der Waals surface area contributed by atoms with Gasteiger partial charge in [0.2, 0.25) is 0 Å². The molecule has 1 atom stereocenters. The SMILES string of the molecule is Cc1ccc(N2CCCC2C2CCCC2)c(C(=O)O)c1. The van der Waals surface area contributed by atoms with Gasteiger partial charge in [-0.3, -0.25) is 0 Å². The van der Waals surface area contributed by atoms with Crippen molar-refractivity contribution in [3.8, 4) is 0 Å². The Morgan fingerprint density at radius 2 is 1.95 bits per heavy atom. The zero-order chi connectivity index (χ0) is 14.1. The lowest BCUT2D eigenvalue weighted by Gasteiger charge is -2.32. The van der Waals surface area contributed by atoms with E-state index in [4.69, 9.17) is 0 Å². The van der Waals surface area contributed by atoms with Crippen LogP contribution in [0, 0.1) is 12.8 Å². The molecule has 1 N–H and O–H groups in total. The predicted octanol–water partition coefficient (Wildman–Crippen LogP) is 3.85. The van der Waals surface area contributed by atoms with Gasteiger partial charge < -0.3 is 10.0 Å². The summed E-state index contributed by atoms with van der Waals surface area (Å²) in [4.78, 5) is 13.9. The molecule has 1 aliphatic carbocycles. The average Bonchev–Trinajstić information content (AvgIpc) is 3.09. The second-order valence-electron chi connectivity index (χ2n) is 6.27. The van der Waals surface area contributed by atoms with E-state index in [1.807, 2.05) is 25.1 Å². The number of rotatable bonds is 3. The van der Waals surface area contributed by atoms with Crippen LogP contribution in [0.4, 0.5) is 5.69 Å². The highest BCUT2D eigenvalue weighted by molar-refractivity contribution is 5.94. The third kappa shape index (κ3) is 2.41. The van der Waals surface area contributed by atoms with Crippen molar-refractivity contribution >= 4 is 11.7 Å². The van der Waals surface area contributed by atoms with Gasteiger partial charge in [0.15, 0.2) is 0 Å². The summed E-state index contributed by atoms with van der Waals surface area (Å²) in [5.41, 5.74) is 2.41. The van der Waals surface area contributed by atoms with E-state index in [1.54, 1.807) is 0 Å². The lowest BCUT2D eigenvalue weighted by atomic mass is 9.95. The summed E-state index contributed by atoms with van der Waals surface area (Å²) >= 11 is 0. The van der Waals surface area contributed by atoms with Gasteiger partial charge in [0.25, 0.3) is 0 Å². The summed E-state index contributed by atoms with van der Waals surface area (Å²) < 4.78 is 0. The van der Waals surface area contributed by atoms with Crippen LogP contribution >= 0.6 is 0 Å². The largest absolute Gasteiger partial charge is 0.478 e. The molecule has 0 radical (unpaired) electrons. The molecule has 20 heavy (non-hydrogen) atoms. The minimum Gasteiger partial charge on any atom is -0.478 e. The third-order valence-corrected chi connectivity index (χ3v) is 4.94. The van der Waals surface area contributed by atoms with Crippen molar-refractivity contribution in [3.63, 3.8) is 0 Å². The first-order chi connectivity index (χ1) is 9.66. The van der Waals surface area contributed by atoms with Crippen LogP contribution < -0.4 is 4.90 Å². The molecule has 108 valence electrons. The zero-order valence-electron chi connectivity index (χ0n) is 12.1. The molecule has 1 aromatic carbocycles. The topological polar surface area (TPSA) is 40.5 Å². The third-order valence-electron chi connectivity index (χ3n) is 4.94. The smallest absolute Gasteiger partial charge is 0.337 e. The summed E-state index contributed by atoms with van der Waals surface area (Å²) in [6, 6.07) is 6.40. The van der Waals surface area contributed by atoms with Gasteiger partial charge in [-0.25, -0.2) is 4.79 Å². The Kier molecular flexibility index (Phi) is 3.68. The Morgan fingerprint density at radius 3 is 2.65 bits per heavy atom. The molecule has 0 spiro atoms. The van der Waals surface area contributed by atoms with Crippen LogP contribution in [0.5, 0.6) is 0 Å². The van der Waals surface area contributed by atoms with Gasteiger partial charge in [0.1, 0.15) is 0 Å². The van der Waals surface area contributed by atoms with Gasteiger partial charge in [-0.05, 0) is 50.7 Å². The highest BCUT2D eigenvalue weighted by atomic mass is 16.4. The van der Waals surface area contributed by atoms with Crippen molar-refractivity contribution in [1.82, 2.24) is 0 Å². The van der Waals surface area contributed by atoms with E-state index in [0.717, 1.165) is 23.7 Å². The number of carbonyl (C=O) groups is 1. The number of hydrogen-bond acceptors (Lipinski definition) is 2. The minimum absolute atomic E-state index is 0.467. The Balaban J connectivity index is 1.92. The van der Waals surface area contributed by atoms with E-state index in [2.05, 4.69) is 4.90 Å². The fraction of sp³-hybridized carbons (Fsp3) is 0.588. The normalized spacial score (nSPS) is 23.4. The van der Waals surface area contributed by atoms with Crippen LogP contribution in [-0.4, -0.2) is 23.7 Å². The Labute approximate surface area is 120 Å². The lowest BCUT2D eigenvalue weighted by molar-refractivity contribution is 0.0697. The van der Waals surface area contributed by atoms with Crippen molar-refractivity contribution in [2.75, 3.05) is 11.4 Å². The van der Waals surface area contributed by atoms with Gasteiger partial charge in [-0.2, -0.15) is 0 Å². The first-order valence-electron chi connectivity index (χ1n) is 7.77. The quantitative estimate of drug-likeness (QED) is 0.909. The number of nitrogens with zero attached hydrogens (tertiary/aromatic N) is 1. The van der Waals surface area contributed by atoms with E-state index in [9.17, 15) is 9.90 Å². The number of benzene rings is 1. The molecule has 2 aliphatic rings. The lowest BCUT2D eigenvalue weighted by Crippen LogP contribution is -2.35. The summed E-state index contributed by atoms with van der Waals surface area (Å²) in [7, 11) is 0. The van der Waals surface area contributed by atoms with E-state index < -0.39 is 5.97 Å². The van der Waals surface area contributed by atoms with E-state index >= 15 is 0 Å². The second kappa shape index (κ2) is 5.47. The molecule has 1 saturated carbocycles. The zero-order valence-corrected chi connectivity index (χ0v) is 12.1. The molecular formula is C17H23NO2. The van der Waals surface area contributed by atoms with Crippen LogP contribution in [0.2, 0.25) is 0 Å². The first-order valence-corrected chi connectivity index (χ1v) is 7.77. The van der Waals surface area contributed by atoms with Gasteiger partial charge in [-0.1, -0.05) is 24.5 Å². The van der Waals surface area contributed by atoms with Crippen molar-refractivity contribution in [1.29, 1.82) is 0 Å². The van der Waals surface area contributed by atoms with Gasteiger partial charge in [0.05, 0.1) is 11.3 Å². The summed E-state index contributed by atoms with van der Waals surface area (Å²) in [6.45, 7) is 2.96. The summed E-state index contributed by atoms with van der Waals surface area (Å²) in [6.07, 6.45) is 7.72. The first kappa shape index (κ1) is 13.5. The van der Waals surface area contributed by atoms with Gasteiger partial charge >= 0.3 is 5.97 Å². The van der Waals surface area contributed by atoms with Crippen molar-refractivity contribution in [3.05, 3.63) is 29.3 Å². The molecule has 1 heterocycles. The minimum atomic E-state index is -0.805. The van der Waals surface area contributed by atoms with E-state index in [1.165, 1.54) is 38.5 Å². The fourth-order valence-electron chi connectivity index (χ4n) is 4.00. The van der Waals surface area contributed by atoms with Crippen LogP contribution in [0.1, 0.15) is 54.4 Å². The standard InChI is InChI=1S/C17H23NO2/c1-12-8-9-16(14(11-12)17(19)20)18-10-4-7-15(18)13-5-2-3-6-13/h8-9,11,13,15H,2-7,10H2,1H3,(H,19,20). The second-order valence-corrected chi connectivity index (χ2v) is 6.27. The van der Waals surface area contributed by atoms with Crippen LogP contribution in [0.3, 0.4) is 0 Å². The molecule has 2 fully saturated rings. The van der Waals surface area contributed by atoms with Crippen molar-refractivity contribution in [2.24, 2.45) is 5.92 Å². The van der Waals surface area contributed by atoms with Crippen LogP contribution in [0.25, 0.3) is 0 Å². The average molecular weight is 273 g/mol. The maximum Gasteiger partial charge on any atom is 0.337 e. The maximum absolute atomic E-state index is 11.5. The van der Waals surface area contributed by atoms with Gasteiger partial charge in [0, 0.05) is 12.6 Å². The van der Waals surface area contributed by atoms with Gasteiger partial charge in [-0.15, -0.1) is 0 Å². The number of aromatic carboxylic acids is 1. The van der Waals surface area contributed by atoms with Crippen molar-refractivity contribution < 1.29 is 9.90 Å². The number of aryl methyl sites for hydroxylation is 1. The number of anilines is 1. The molecule has 1 aromatic rings. The molecular weight excluding hydrogens is 250 g/mol. The fourth-order valence-corrected chi connectivity index (χ4v) is 4.00. The van der Waals surface area contributed by atoms with Crippen LogP contribution in [-0.2, 0) is 0 Å². The van der Waals surface area contributed by atoms with E-state index in [0.29, 0.717) is 11.6 Å². The predicted molar refractivity (Wildman–Crippen MR) is 80.5 cm³/mol. The number of carboxylic acid groups (broad SMARTS) is 1. The van der Waals surface area contributed by atoms with Crippen LogP contribution in [0.15, 0.2) is 18.2 Å². The van der Waals surface area contributed by atoms with Crippen molar-refractivity contribution in [2.45, 2.75) is 51.5 Å². The Hall–Kier alpha value is -1.51. The molecule has 3 rings (SSSR count). The molecule has 0 aromatic heterocycles. The molecule has 0 bridgehead atoms. The molecule has 1 unspecified atom stereocenters. The molecule has 1 aliphatic heterocycles. The Morgan fingerprint density at radius 1 is 1.20 bits per heavy atom. The monoisotopic (exact) mass is 273 g/mol. The van der Waals surface area contributed by atoms with E-state index in [-0.39, 0.29) is 0 Å². The summed E-state index contributed by atoms with van der Waals surface area (Å²) in [5.74, 6) is -0.0405. The molecule has 0 amide bonds. The maximum atomic E-state index is 11.5. The molecule has 3 nitrogen and oxygen atoms in total. The highest BCUT2D eigenvalue weighted by Crippen LogP contribution is 2.38. The number of hydrogen-bond donors (Lipinski definition) is 1. The Bertz CT molecular complexity index is 506. The summed E-state index contributed by atoms with van der Waals surface area (Å²) in [5, 5.41) is 9.48. The molecule has 3 heteroatoms. The number of carboxylic acids is 1.